The molecule has 0 aromatic heterocycles. The number of amides is 1. The normalized spacial score (nSPS) is 18.9. The first-order chi connectivity index (χ1) is 8.16. The van der Waals surface area contributed by atoms with Gasteiger partial charge in [-0.3, -0.25) is 4.79 Å². The van der Waals surface area contributed by atoms with E-state index in [1.54, 1.807) is 7.11 Å². The lowest BCUT2D eigenvalue weighted by Crippen LogP contribution is -2.48. The largest absolute Gasteiger partial charge is 0.385 e. The zero-order valence-corrected chi connectivity index (χ0v) is 11.2. The zero-order chi connectivity index (χ0) is 12.6. The minimum absolute atomic E-state index is 0.0906. The van der Waals surface area contributed by atoms with Crippen molar-refractivity contribution in [3.05, 3.63) is 0 Å². The summed E-state index contributed by atoms with van der Waals surface area (Å²) >= 11 is 0. The Morgan fingerprint density at radius 3 is 2.65 bits per heavy atom. The third-order valence-electron chi connectivity index (χ3n) is 3.48. The lowest BCUT2D eigenvalue weighted by molar-refractivity contribution is -0.120. The first-order valence-electron chi connectivity index (χ1n) is 6.67. The smallest absolute Gasteiger partial charge is 0.233 e. The molecule has 0 aromatic rings. The molecule has 0 spiro atoms. The molecule has 0 aromatic carbocycles. The summed E-state index contributed by atoms with van der Waals surface area (Å²) < 4.78 is 4.93. The molecule has 0 atom stereocenters. The van der Waals surface area contributed by atoms with Gasteiger partial charge in [-0.15, -0.1) is 0 Å². The SMILES string of the molecule is COCCCNC(=O)CNC1(C)CCCCC1. The van der Waals surface area contributed by atoms with Crippen LogP contribution in [0.4, 0.5) is 0 Å². The Hall–Kier alpha value is -0.610. The van der Waals surface area contributed by atoms with Crippen LogP contribution < -0.4 is 10.6 Å². The molecule has 1 saturated carbocycles. The van der Waals surface area contributed by atoms with Crippen LogP contribution in [0.25, 0.3) is 0 Å². The first kappa shape index (κ1) is 14.5. The highest BCUT2D eigenvalue weighted by Crippen LogP contribution is 2.27. The molecule has 100 valence electrons. The topological polar surface area (TPSA) is 50.4 Å². The molecule has 1 aliphatic rings. The van der Waals surface area contributed by atoms with Crippen molar-refractivity contribution in [3.8, 4) is 0 Å². The van der Waals surface area contributed by atoms with Crippen LogP contribution in [-0.2, 0) is 9.53 Å². The van der Waals surface area contributed by atoms with E-state index in [4.69, 9.17) is 4.74 Å². The molecule has 1 fully saturated rings. The van der Waals surface area contributed by atoms with Gasteiger partial charge < -0.3 is 15.4 Å². The van der Waals surface area contributed by atoms with Crippen LogP contribution in [-0.4, -0.2) is 38.3 Å². The molecule has 0 saturated heterocycles. The second kappa shape index (κ2) is 7.67. The van der Waals surface area contributed by atoms with E-state index in [1.807, 2.05) is 0 Å². The third-order valence-corrected chi connectivity index (χ3v) is 3.48. The van der Waals surface area contributed by atoms with Gasteiger partial charge in [0.05, 0.1) is 6.54 Å². The maximum atomic E-state index is 11.6. The van der Waals surface area contributed by atoms with E-state index < -0.39 is 0 Å². The van der Waals surface area contributed by atoms with Gasteiger partial charge in [0, 0.05) is 25.8 Å². The van der Waals surface area contributed by atoms with Crippen molar-refractivity contribution in [3.63, 3.8) is 0 Å². The van der Waals surface area contributed by atoms with E-state index in [2.05, 4.69) is 17.6 Å². The van der Waals surface area contributed by atoms with E-state index in [0.717, 1.165) is 6.42 Å². The third kappa shape index (κ3) is 6.03. The number of carbonyl (C=O) groups is 1. The average molecular weight is 242 g/mol. The molecular weight excluding hydrogens is 216 g/mol. The molecule has 0 unspecified atom stereocenters. The summed E-state index contributed by atoms with van der Waals surface area (Å²) in [4.78, 5) is 11.6. The lowest BCUT2D eigenvalue weighted by Gasteiger charge is -2.34. The predicted molar refractivity (Wildman–Crippen MR) is 69.0 cm³/mol. The van der Waals surface area contributed by atoms with Crippen LogP contribution in [0.15, 0.2) is 0 Å². The summed E-state index contributed by atoms with van der Waals surface area (Å²) in [5.74, 6) is 0.0906. The molecule has 1 rings (SSSR count). The Labute approximate surface area is 104 Å². The van der Waals surface area contributed by atoms with Crippen LogP contribution in [0.1, 0.15) is 45.4 Å². The number of ether oxygens (including phenoxy) is 1. The maximum absolute atomic E-state index is 11.6. The predicted octanol–water partition coefficient (Wildman–Crippen LogP) is 1.45. The van der Waals surface area contributed by atoms with Gasteiger partial charge >= 0.3 is 0 Å². The van der Waals surface area contributed by atoms with Crippen LogP contribution in [0, 0.1) is 0 Å². The summed E-state index contributed by atoms with van der Waals surface area (Å²) in [6.45, 7) is 4.06. The minimum atomic E-state index is 0.0906. The molecule has 0 bridgehead atoms. The van der Waals surface area contributed by atoms with Crippen LogP contribution in [0.2, 0.25) is 0 Å². The van der Waals surface area contributed by atoms with Gasteiger partial charge in [-0.05, 0) is 26.2 Å². The Kier molecular flexibility index (Phi) is 6.52. The van der Waals surface area contributed by atoms with E-state index in [-0.39, 0.29) is 11.4 Å². The monoisotopic (exact) mass is 242 g/mol. The Bertz CT molecular complexity index is 225. The number of carbonyl (C=O) groups excluding carboxylic acids is 1. The number of hydrogen-bond donors (Lipinski definition) is 2. The van der Waals surface area contributed by atoms with E-state index >= 15 is 0 Å². The molecule has 4 heteroatoms. The summed E-state index contributed by atoms with van der Waals surface area (Å²) in [6, 6.07) is 0. The van der Waals surface area contributed by atoms with Gasteiger partial charge in [-0.25, -0.2) is 0 Å². The Balaban J connectivity index is 2.10. The molecule has 1 amide bonds. The van der Waals surface area contributed by atoms with E-state index in [0.29, 0.717) is 19.7 Å². The summed E-state index contributed by atoms with van der Waals surface area (Å²) in [5.41, 5.74) is 0.169. The fraction of sp³-hybridized carbons (Fsp3) is 0.923. The molecule has 2 N–H and O–H groups in total. The highest BCUT2D eigenvalue weighted by Gasteiger charge is 2.26. The summed E-state index contributed by atoms with van der Waals surface area (Å²) in [7, 11) is 1.67. The number of rotatable bonds is 7. The van der Waals surface area contributed by atoms with E-state index in [9.17, 15) is 4.79 Å². The molecular formula is C13H26N2O2. The van der Waals surface area contributed by atoms with Gasteiger partial charge in [-0.2, -0.15) is 0 Å². The standard InChI is InChI=1S/C13H26N2O2/c1-13(7-4-3-5-8-13)15-11-12(16)14-9-6-10-17-2/h15H,3-11H2,1-2H3,(H,14,16). The quantitative estimate of drug-likeness (QED) is 0.664. The minimum Gasteiger partial charge on any atom is -0.385 e. The van der Waals surface area contributed by atoms with Crippen molar-refractivity contribution < 1.29 is 9.53 Å². The second-order valence-electron chi connectivity index (χ2n) is 5.17. The number of nitrogens with one attached hydrogen (secondary N) is 2. The van der Waals surface area contributed by atoms with Gasteiger partial charge in [-0.1, -0.05) is 19.3 Å². The molecule has 4 nitrogen and oxygen atoms in total. The fourth-order valence-corrected chi connectivity index (χ4v) is 2.31. The van der Waals surface area contributed by atoms with Crippen LogP contribution in [0.3, 0.4) is 0 Å². The molecule has 17 heavy (non-hydrogen) atoms. The van der Waals surface area contributed by atoms with Crippen molar-refractivity contribution in [2.45, 2.75) is 51.0 Å². The fourth-order valence-electron chi connectivity index (χ4n) is 2.31. The Morgan fingerprint density at radius 2 is 2.00 bits per heavy atom. The maximum Gasteiger partial charge on any atom is 0.233 e. The van der Waals surface area contributed by atoms with Crippen molar-refractivity contribution in [2.75, 3.05) is 26.8 Å². The van der Waals surface area contributed by atoms with Crippen molar-refractivity contribution >= 4 is 5.91 Å². The van der Waals surface area contributed by atoms with Crippen LogP contribution >= 0.6 is 0 Å². The number of hydrogen-bond acceptors (Lipinski definition) is 3. The molecule has 0 heterocycles. The lowest BCUT2D eigenvalue weighted by atomic mass is 9.83. The Morgan fingerprint density at radius 1 is 1.29 bits per heavy atom. The van der Waals surface area contributed by atoms with Gasteiger partial charge in [0.15, 0.2) is 0 Å². The second-order valence-corrected chi connectivity index (χ2v) is 5.17. The van der Waals surface area contributed by atoms with Crippen molar-refractivity contribution in [2.24, 2.45) is 0 Å². The molecule has 1 aliphatic carbocycles. The van der Waals surface area contributed by atoms with Crippen molar-refractivity contribution in [1.82, 2.24) is 10.6 Å². The van der Waals surface area contributed by atoms with E-state index in [1.165, 1.54) is 32.1 Å². The zero-order valence-electron chi connectivity index (χ0n) is 11.2. The molecule has 0 aliphatic heterocycles. The summed E-state index contributed by atoms with van der Waals surface area (Å²) in [6.07, 6.45) is 7.13. The average Bonchev–Trinajstić information content (AvgIpc) is 2.33. The number of methoxy groups -OCH3 is 1. The highest BCUT2D eigenvalue weighted by molar-refractivity contribution is 5.78. The highest BCUT2D eigenvalue weighted by atomic mass is 16.5. The van der Waals surface area contributed by atoms with Gasteiger partial charge in [0.1, 0.15) is 0 Å². The summed E-state index contributed by atoms with van der Waals surface area (Å²) in [5, 5.41) is 6.29. The van der Waals surface area contributed by atoms with Gasteiger partial charge in [0.2, 0.25) is 5.91 Å². The molecule has 0 radical (unpaired) electrons. The van der Waals surface area contributed by atoms with Crippen LogP contribution in [0.5, 0.6) is 0 Å². The van der Waals surface area contributed by atoms with Crippen molar-refractivity contribution in [1.29, 1.82) is 0 Å². The first-order valence-corrected chi connectivity index (χ1v) is 6.67. The van der Waals surface area contributed by atoms with Gasteiger partial charge in [0.25, 0.3) is 0 Å².